The van der Waals surface area contributed by atoms with Gasteiger partial charge in [-0.2, -0.15) is 0 Å². The molecule has 0 radical (unpaired) electrons. The first-order chi connectivity index (χ1) is 10.5. The number of anilines is 1. The number of rotatable bonds is 6. The molecule has 1 heterocycles. The van der Waals surface area contributed by atoms with Gasteiger partial charge in [-0.05, 0) is 31.0 Å². The molecule has 0 unspecified atom stereocenters. The molecule has 1 amide bonds. The second-order valence-corrected chi connectivity index (χ2v) is 5.20. The minimum Gasteiger partial charge on any atom is -0.493 e. The maximum Gasteiger partial charge on any atom is 0.229 e. The number of aryl methyl sites for hydroxylation is 1. The summed E-state index contributed by atoms with van der Waals surface area (Å²) in [6, 6.07) is 5.66. The topological polar surface area (TPSA) is 76.2 Å². The van der Waals surface area contributed by atoms with E-state index in [4.69, 9.17) is 9.47 Å². The maximum absolute atomic E-state index is 12.2. The summed E-state index contributed by atoms with van der Waals surface area (Å²) in [5, 5.41) is 2.77. The van der Waals surface area contributed by atoms with Crippen LogP contribution >= 0.6 is 0 Å². The SMILES string of the molecule is COc1ccc(C[C@H](C)C(=O)Nc2ncc(C)[nH]2)cc1OC. The normalized spacial score (nSPS) is 11.8. The minimum absolute atomic E-state index is 0.0795. The van der Waals surface area contributed by atoms with Crippen molar-refractivity contribution in [3.05, 3.63) is 35.7 Å². The minimum atomic E-state index is -0.191. The molecule has 0 saturated heterocycles. The fraction of sp³-hybridized carbons (Fsp3) is 0.375. The van der Waals surface area contributed by atoms with Crippen molar-refractivity contribution in [3.8, 4) is 11.5 Å². The monoisotopic (exact) mass is 303 g/mol. The molecule has 1 aromatic heterocycles. The van der Waals surface area contributed by atoms with Gasteiger partial charge in [0, 0.05) is 17.8 Å². The van der Waals surface area contributed by atoms with E-state index in [9.17, 15) is 4.79 Å². The lowest BCUT2D eigenvalue weighted by molar-refractivity contribution is -0.119. The molecule has 0 saturated carbocycles. The number of carbonyl (C=O) groups is 1. The van der Waals surface area contributed by atoms with Gasteiger partial charge in [0.25, 0.3) is 0 Å². The van der Waals surface area contributed by atoms with E-state index in [0.29, 0.717) is 23.9 Å². The zero-order chi connectivity index (χ0) is 16.1. The number of methoxy groups -OCH3 is 2. The third-order valence-corrected chi connectivity index (χ3v) is 3.38. The smallest absolute Gasteiger partial charge is 0.229 e. The summed E-state index contributed by atoms with van der Waals surface area (Å²) in [6.07, 6.45) is 2.28. The first-order valence-corrected chi connectivity index (χ1v) is 7.07. The molecule has 22 heavy (non-hydrogen) atoms. The molecule has 6 heteroatoms. The van der Waals surface area contributed by atoms with Crippen LogP contribution in [0.3, 0.4) is 0 Å². The van der Waals surface area contributed by atoms with E-state index < -0.39 is 0 Å². The van der Waals surface area contributed by atoms with E-state index in [-0.39, 0.29) is 11.8 Å². The molecule has 0 bridgehead atoms. The van der Waals surface area contributed by atoms with Crippen LogP contribution in [0.25, 0.3) is 0 Å². The molecule has 1 aromatic carbocycles. The molecule has 2 N–H and O–H groups in total. The second kappa shape index (κ2) is 6.98. The van der Waals surface area contributed by atoms with Crippen LogP contribution in [-0.2, 0) is 11.2 Å². The third-order valence-electron chi connectivity index (χ3n) is 3.38. The summed E-state index contributed by atoms with van der Waals surface area (Å²) in [6.45, 7) is 3.76. The van der Waals surface area contributed by atoms with Crippen LogP contribution in [0.2, 0.25) is 0 Å². The number of nitrogens with one attached hydrogen (secondary N) is 2. The van der Waals surface area contributed by atoms with Crippen LogP contribution < -0.4 is 14.8 Å². The highest BCUT2D eigenvalue weighted by Crippen LogP contribution is 2.28. The number of aromatic amines is 1. The van der Waals surface area contributed by atoms with Crippen molar-refractivity contribution in [2.24, 2.45) is 5.92 Å². The second-order valence-electron chi connectivity index (χ2n) is 5.20. The van der Waals surface area contributed by atoms with Gasteiger partial charge in [0.05, 0.1) is 14.2 Å². The van der Waals surface area contributed by atoms with Crippen molar-refractivity contribution >= 4 is 11.9 Å². The lowest BCUT2D eigenvalue weighted by atomic mass is 10.00. The molecule has 2 aromatic rings. The van der Waals surface area contributed by atoms with Crippen LogP contribution in [0.15, 0.2) is 24.4 Å². The van der Waals surface area contributed by atoms with Crippen LogP contribution in [-0.4, -0.2) is 30.1 Å². The zero-order valence-electron chi connectivity index (χ0n) is 13.3. The van der Waals surface area contributed by atoms with Gasteiger partial charge < -0.3 is 14.5 Å². The highest BCUT2D eigenvalue weighted by atomic mass is 16.5. The Morgan fingerprint density at radius 1 is 1.32 bits per heavy atom. The molecule has 118 valence electrons. The molecule has 2 rings (SSSR count). The highest BCUT2D eigenvalue weighted by Gasteiger charge is 2.16. The van der Waals surface area contributed by atoms with Crippen LogP contribution in [0.1, 0.15) is 18.2 Å². The largest absolute Gasteiger partial charge is 0.493 e. The van der Waals surface area contributed by atoms with E-state index in [1.54, 1.807) is 20.4 Å². The number of nitrogens with zero attached hydrogens (tertiary/aromatic N) is 1. The lowest BCUT2D eigenvalue weighted by Crippen LogP contribution is -2.22. The number of hydrogen-bond donors (Lipinski definition) is 2. The van der Waals surface area contributed by atoms with Gasteiger partial charge in [0.2, 0.25) is 11.9 Å². The molecule has 0 spiro atoms. The summed E-state index contributed by atoms with van der Waals surface area (Å²) in [4.78, 5) is 19.2. The third kappa shape index (κ3) is 3.78. The first-order valence-electron chi connectivity index (χ1n) is 7.07. The van der Waals surface area contributed by atoms with Crippen molar-refractivity contribution in [1.29, 1.82) is 0 Å². The van der Waals surface area contributed by atoms with E-state index in [2.05, 4.69) is 15.3 Å². The standard InChI is InChI=1S/C16H21N3O3/c1-10(15(20)19-16-17-9-11(2)18-16)7-12-5-6-13(21-3)14(8-12)22-4/h5-6,8-10H,7H2,1-4H3,(H2,17,18,19,20)/t10-/m0/s1. The van der Waals surface area contributed by atoms with Crippen molar-refractivity contribution in [1.82, 2.24) is 9.97 Å². The van der Waals surface area contributed by atoms with Gasteiger partial charge in [0.1, 0.15) is 0 Å². The number of aromatic nitrogens is 2. The van der Waals surface area contributed by atoms with Crippen molar-refractivity contribution in [3.63, 3.8) is 0 Å². The van der Waals surface area contributed by atoms with Crippen molar-refractivity contribution in [2.45, 2.75) is 20.3 Å². The van der Waals surface area contributed by atoms with Gasteiger partial charge in [-0.3, -0.25) is 10.1 Å². The van der Waals surface area contributed by atoms with E-state index in [1.807, 2.05) is 32.0 Å². The fourth-order valence-electron chi connectivity index (χ4n) is 2.17. The molecule has 1 atom stereocenters. The van der Waals surface area contributed by atoms with E-state index in [0.717, 1.165) is 11.3 Å². The Balaban J connectivity index is 2.01. The van der Waals surface area contributed by atoms with Gasteiger partial charge in [0.15, 0.2) is 11.5 Å². The summed E-state index contributed by atoms with van der Waals surface area (Å²) < 4.78 is 10.5. The Morgan fingerprint density at radius 3 is 2.64 bits per heavy atom. The van der Waals surface area contributed by atoms with Gasteiger partial charge in [-0.15, -0.1) is 0 Å². The molecule has 6 nitrogen and oxygen atoms in total. The van der Waals surface area contributed by atoms with Crippen LogP contribution in [0.5, 0.6) is 11.5 Å². The lowest BCUT2D eigenvalue weighted by Gasteiger charge is -2.13. The van der Waals surface area contributed by atoms with E-state index >= 15 is 0 Å². The number of amides is 1. The Morgan fingerprint density at radius 2 is 2.05 bits per heavy atom. The quantitative estimate of drug-likeness (QED) is 0.860. The molecule has 0 aliphatic heterocycles. The summed E-state index contributed by atoms with van der Waals surface area (Å²) in [7, 11) is 3.19. The highest BCUT2D eigenvalue weighted by molar-refractivity contribution is 5.90. The number of carbonyl (C=O) groups excluding carboxylic acids is 1. The number of imidazole rings is 1. The Bertz CT molecular complexity index is 652. The van der Waals surface area contributed by atoms with E-state index in [1.165, 1.54) is 0 Å². The summed E-state index contributed by atoms with van der Waals surface area (Å²) in [5.41, 5.74) is 1.92. The Labute approximate surface area is 129 Å². The van der Waals surface area contributed by atoms with Crippen molar-refractivity contribution in [2.75, 3.05) is 19.5 Å². The van der Waals surface area contributed by atoms with Gasteiger partial charge in [-0.25, -0.2) is 4.98 Å². The zero-order valence-corrected chi connectivity index (χ0v) is 13.3. The predicted octanol–water partition coefficient (Wildman–Crippen LogP) is 2.55. The number of hydrogen-bond acceptors (Lipinski definition) is 4. The number of H-pyrrole nitrogens is 1. The fourth-order valence-corrected chi connectivity index (χ4v) is 2.17. The number of benzene rings is 1. The molecule has 0 fully saturated rings. The molecular weight excluding hydrogens is 282 g/mol. The van der Waals surface area contributed by atoms with Crippen molar-refractivity contribution < 1.29 is 14.3 Å². The summed E-state index contributed by atoms with van der Waals surface area (Å²) >= 11 is 0. The molecular formula is C16H21N3O3. The van der Waals surface area contributed by atoms with Gasteiger partial charge in [-0.1, -0.05) is 13.0 Å². The Hall–Kier alpha value is -2.50. The first kappa shape index (κ1) is 15.9. The maximum atomic E-state index is 12.2. The van der Waals surface area contributed by atoms with Crippen LogP contribution in [0.4, 0.5) is 5.95 Å². The van der Waals surface area contributed by atoms with Gasteiger partial charge >= 0.3 is 0 Å². The summed E-state index contributed by atoms with van der Waals surface area (Å²) in [5.74, 6) is 1.54. The van der Waals surface area contributed by atoms with Crippen LogP contribution in [0, 0.1) is 12.8 Å². The Kier molecular flexibility index (Phi) is 5.04. The molecule has 0 aliphatic rings. The average molecular weight is 303 g/mol. The average Bonchev–Trinajstić information content (AvgIpc) is 2.92. The number of ether oxygens (including phenoxy) is 2. The molecule has 0 aliphatic carbocycles. The predicted molar refractivity (Wildman–Crippen MR) is 84.4 cm³/mol.